The molecule has 3 saturated carbocycles. The second-order valence-electron chi connectivity index (χ2n) is 6.66. The SMILES string of the molecule is CC1(NC(=O)C2CC23CC3)CCCCC1C(=O)O. The number of hydrogen-bond acceptors (Lipinski definition) is 2. The van der Waals surface area contributed by atoms with E-state index in [1.54, 1.807) is 0 Å². The number of amides is 1. The molecule has 2 N–H and O–H groups in total. The van der Waals surface area contributed by atoms with Crippen LogP contribution in [-0.2, 0) is 9.59 Å². The van der Waals surface area contributed by atoms with Crippen LogP contribution in [-0.4, -0.2) is 22.5 Å². The smallest absolute Gasteiger partial charge is 0.308 e. The molecule has 0 aliphatic heterocycles. The van der Waals surface area contributed by atoms with E-state index in [-0.39, 0.29) is 11.8 Å². The summed E-state index contributed by atoms with van der Waals surface area (Å²) in [5.74, 6) is -0.924. The molecule has 0 saturated heterocycles. The van der Waals surface area contributed by atoms with Crippen LogP contribution in [0.5, 0.6) is 0 Å². The lowest BCUT2D eigenvalue weighted by atomic mass is 9.73. The van der Waals surface area contributed by atoms with Crippen molar-refractivity contribution in [2.75, 3.05) is 0 Å². The Kier molecular flexibility index (Phi) is 2.48. The summed E-state index contributed by atoms with van der Waals surface area (Å²) < 4.78 is 0. The molecule has 4 heteroatoms. The minimum absolute atomic E-state index is 0.100. The van der Waals surface area contributed by atoms with Crippen molar-refractivity contribution in [3.05, 3.63) is 0 Å². The number of carbonyl (C=O) groups is 2. The Morgan fingerprint density at radius 2 is 1.89 bits per heavy atom. The van der Waals surface area contributed by atoms with Crippen LogP contribution in [0, 0.1) is 17.3 Å². The van der Waals surface area contributed by atoms with Crippen LogP contribution in [0.15, 0.2) is 0 Å². The summed E-state index contributed by atoms with van der Waals surface area (Å²) in [6.45, 7) is 1.91. The molecule has 3 aliphatic rings. The summed E-state index contributed by atoms with van der Waals surface area (Å²) in [6, 6.07) is 0. The van der Waals surface area contributed by atoms with Crippen LogP contribution in [0.1, 0.15) is 51.9 Å². The standard InChI is InChI=1S/C14H21NO3/c1-13(5-3-2-4-9(13)12(17)18)15-11(16)10-8-14(10)6-7-14/h9-10H,2-8H2,1H3,(H,15,16)(H,17,18). The molecule has 3 atom stereocenters. The van der Waals surface area contributed by atoms with E-state index in [1.807, 2.05) is 6.92 Å². The van der Waals surface area contributed by atoms with E-state index in [2.05, 4.69) is 5.32 Å². The fourth-order valence-electron chi connectivity index (χ4n) is 3.68. The number of aliphatic carboxylic acids is 1. The van der Waals surface area contributed by atoms with E-state index in [0.717, 1.165) is 25.7 Å². The van der Waals surface area contributed by atoms with Crippen molar-refractivity contribution in [3.8, 4) is 0 Å². The molecule has 0 aromatic rings. The van der Waals surface area contributed by atoms with Gasteiger partial charge < -0.3 is 10.4 Å². The van der Waals surface area contributed by atoms with Gasteiger partial charge in [0.05, 0.1) is 11.5 Å². The summed E-state index contributed by atoms with van der Waals surface area (Å²) in [6.07, 6.45) is 6.82. The highest BCUT2D eigenvalue weighted by Crippen LogP contribution is 2.70. The van der Waals surface area contributed by atoms with Gasteiger partial charge >= 0.3 is 5.97 Å². The van der Waals surface area contributed by atoms with Gasteiger partial charge in [-0.2, -0.15) is 0 Å². The number of nitrogens with one attached hydrogen (secondary N) is 1. The van der Waals surface area contributed by atoms with Crippen molar-refractivity contribution < 1.29 is 14.7 Å². The minimum atomic E-state index is -0.769. The Morgan fingerprint density at radius 1 is 1.17 bits per heavy atom. The zero-order chi connectivity index (χ0) is 13.0. The van der Waals surface area contributed by atoms with Crippen LogP contribution in [0.4, 0.5) is 0 Å². The Balaban J connectivity index is 1.68. The maximum Gasteiger partial charge on any atom is 0.308 e. The third kappa shape index (κ3) is 1.82. The summed E-state index contributed by atoms with van der Waals surface area (Å²) in [5.41, 5.74) is -0.201. The maximum atomic E-state index is 12.2. The van der Waals surface area contributed by atoms with Crippen molar-refractivity contribution in [2.45, 2.75) is 57.4 Å². The molecular weight excluding hydrogens is 230 g/mol. The predicted molar refractivity (Wildman–Crippen MR) is 65.9 cm³/mol. The molecule has 0 aromatic heterocycles. The van der Waals surface area contributed by atoms with Crippen molar-refractivity contribution in [3.63, 3.8) is 0 Å². The predicted octanol–water partition coefficient (Wildman–Crippen LogP) is 1.94. The molecule has 3 unspecified atom stereocenters. The van der Waals surface area contributed by atoms with Crippen molar-refractivity contribution in [2.24, 2.45) is 17.3 Å². The molecule has 18 heavy (non-hydrogen) atoms. The van der Waals surface area contributed by atoms with Gasteiger partial charge in [-0.05, 0) is 44.4 Å². The highest BCUT2D eigenvalue weighted by Gasteiger charge is 2.66. The van der Waals surface area contributed by atoms with E-state index in [1.165, 1.54) is 12.8 Å². The highest BCUT2D eigenvalue weighted by atomic mass is 16.4. The molecule has 0 radical (unpaired) electrons. The maximum absolute atomic E-state index is 12.2. The summed E-state index contributed by atoms with van der Waals surface area (Å²) in [4.78, 5) is 23.5. The first-order valence-electron chi connectivity index (χ1n) is 7.02. The van der Waals surface area contributed by atoms with Crippen molar-refractivity contribution in [1.82, 2.24) is 5.32 Å². The van der Waals surface area contributed by atoms with Crippen LogP contribution in [0.2, 0.25) is 0 Å². The van der Waals surface area contributed by atoms with E-state index in [0.29, 0.717) is 11.8 Å². The first-order chi connectivity index (χ1) is 8.47. The Bertz CT molecular complexity index is 402. The fraction of sp³-hybridized carbons (Fsp3) is 0.857. The van der Waals surface area contributed by atoms with E-state index in [9.17, 15) is 14.7 Å². The number of rotatable bonds is 3. The van der Waals surface area contributed by atoms with Gasteiger partial charge in [0.25, 0.3) is 0 Å². The monoisotopic (exact) mass is 251 g/mol. The Morgan fingerprint density at radius 3 is 2.44 bits per heavy atom. The molecule has 3 rings (SSSR count). The third-order valence-electron chi connectivity index (χ3n) is 5.31. The number of carboxylic acids is 1. The fourth-order valence-corrected chi connectivity index (χ4v) is 3.68. The molecule has 4 nitrogen and oxygen atoms in total. The summed E-state index contributed by atoms with van der Waals surface area (Å²) in [5, 5.41) is 12.4. The highest BCUT2D eigenvalue weighted by molar-refractivity contribution is 5.85. The summed E-state index contributed by atoms with van der Waals surface area (Å²) in [7, 11) is 0. The topological polar surface area (TPSA) is 66.4 Å². The molecule has 3 aliphatic carbocycles. The van der Waals surface area contributed by atoms with Gasteiger partial charge in [0, 0.05) is 5.92 Å². The first-order valence-corrected chi connectivity index (χ1v) is 7.02. The van der Waals surface area contributed by atoms with E-state index in [4.69, 9.17) is 0 Å². The van der Waals surface area contributed by atoms with Gasteiger partial charge in [-0.3, -0.25) is 9.59 Å². The lowest BCUT2D eigenvalue weighted by Crippen LogP contribution is -2.56. The number of carbonyl (C=O) groups excluding carboxylic acids is 1. The molecule has 0 aromatic carbocycles. The van der Waals surface area contributed by atoms with E-state index >= 15 is 0 Å². The quantitative estimate of drug-likeness (QED) is 0.805. The van der Waals surface area contributed by atoms with Gasteiger partial charge in [0.15, 0.2) is 0 Å². The third-order valence-corrected chi connectivity index (χ3v) is 5.31. The number of hydrogen-bond donors (Lipinski definition) is 2. The van der Waals surface area contributed by atoms with Gasteiger partial charge in [-0.25, -0.2) is 0 Å². The minimum Gasteiger partial charge on any atom is -0.481 e. The van der Waals surface area contributed by atoms with Crippen molar-refractivity contribution >= 4 is 11.9 Å². The Labute approximate surface area is 107 Å². The van der Waals surface area contributed by atoms with E-state index < -0.39 is 17.4 Å². The van der Waals surface area contributed by atoms with Crippen LogP contribution < -0.4 is 5.32 Å². The normalized spacial score (nSPS) is 40.3. The molecule has 0 heterocycles. The van der Waals surface area contributed by atoms with Crippen LogP contribution in [0.3, 0.4) is 0 Å². The van der Waals surface area contributed by atoms with Gasteiger partial charge in [-0.1, -0.05) is 12.8 Å². The van der Waals surface area contributed by atoms with Crippen LogP contribution in [0.25, 0.3) is 0 Å². The molecule has 1 spiro atoms. The zero-order valence-electron chi connectivity index (χ0n) is 10.9. The molecular formula is C14H21NO3. The van der Waals surface area contributed by atoms with Gasteiger partial charge in [-0.15, -0.1) is 0 Å². The lowest BCUT2D eigenvalue weighted by molar-refractivity contribution is -0.146. The molecule has 1 amide bonds. The average molecular weight is 251 g/mol. The molecule has 3 fully saturated rings. The van der Waals surface area contributed by atoms with Gasteiger partial charge in [0.2, 0.25) is 5.91 Å². The molecule has 100 valence electrons. The zero-order valence-corrected chi connectivity index (χ0v) is 10.9. The number of carboxylic acid groups (broad SMARTS) is 1. The first kappa shape index (κ1) is 12.0. The van der Waals surface area contributed by atoms with Crippen molar-refractivity contribution in [1.29, 1.82) is 0 Å². The largest absolute Gasteiger partial charge is 0.481 e. The van der Waals surface area contributed by atoms with Crippen LogP contribution >= 0.6 is 0 Å². The summed E-state index contributed by atoms with van der Waals surface area (Å²) >= 11 is 0. The average Bonchev–Trinajstić information content (AvgIpc) is 3.19. The molecule has 0 bridgehead atoms. The Hall–Kier alpha value is -1.06. The lowest BCUT2D eigenvalue weighted by Gasteiger charge is -2.40. The second-order valence-corrected chi connectivity index (χ2v) is 6.66. The van der Waals surface area contributed by atoms with Gasteiger partial charge in [0.1, 0.15) is 0 Å². The second kappa shape index (κ2) is 3.72.